The topological polar surface area (TPSA) is 55.1 Å². The quantitative estimate of drug-likeness (QED) is 0.645. The number of halogens is 4. The van der Waals surface area contributed by atoms with Gasteiger partial charge in [0.25, 0.3) is 5.91 Å². The highest BCUT2D eigenvalue weighted by Crippen LogP contribution is 2.31. The summed E-state index contributed by atoms with van der Waals surface area (Å²) < 4.78 is 50.0. The Morgan fingerprint density at radius 3 is 2.50 bits per heavy atom. The van der Waals surface area contributed by atoms with E-state index >= 15 is 0 Å². The number of hydrogen-bond acceptors (Lipinski definition) is 2. The second-order valence-corrected chi connectivity index (χ2v) is 3.59. The van der Waals surface area contributed by atoms with Crippen LogP contribution in [0.3, 0.4) is 0 Å². The van der Waals surface area contributed by atoms with Crippen LogP contribution in [0.1, 0.15) is 22.3 Å². The molecular weight excluding hydrogens is 252 g/mol. The number of rotatable bonds is 4. The van der Waals surface area contributed by atoms with E-state index < -0.39 is 23.5 Å². The van der Waals surface area contributed by atoms with Gasteiger partial charge in [0.2, 0.25) is 0 Å². The molecule has 0 aliphatic heterocycles. The van der Waals surface area contributed by atoms with Gasteiger partial charge in [-0.1, -0.05) is 0 Å². The van der Waals surface area contributed by atoms with E-state index in [4.69, 9.17) is 5.73 Å². The maximum atomic E-state index is 13.2. The van der Waals surface area contributed by atoms with E-state index in [0.29, 0.717) is 25.1 Å². The summed E-state index contributed by atoms with van der Waals surface area (Å²) in [5.74, 6) is -2.09. The van der Waals surface area contributed by atoms with Gasteiger partial charge in [-0.2, -0.15) is 13.2 Å². The van der Waals surface area contributed by atoms with Gasteiger partial charge in [0, 0.05) is 12.1 Å². The third-order valence-corrected chi connectivity index (χ3v) is 2.20. The summed E-state index contributed by atoms with van der Waals surface area (Å²) in [4.78, 5) is 11.4. The van der Waals surface area contributed by atoms with E-state index in [1.54, 1.807) is 0 Å². The molecule has 0 spiro atoms. The Kier molecular flexibility index (Phi) is 4.66. The van der Waals surface area contributed by atoms with Crippen LogP contribution in [-0.2, 0) is 6.18 Å². The molecule has 0 atom stereocenters. The molecular formula is C11H12F4N2O. The van der Waals surface area contributed by atoms with E-state index in [1.807, 2.05) is 0 Å². The lowest BCUT2D eigenvalue weighted by molar-refractivity contribution is -0.140. The van der Waals surface area contributed by atoms with E-state index in [0.717, 1.165) is 6.07 Å². The molecule has 0 radical (unpaired) electrons. The molecule has 0 aliphatic rings. The largest absolute Gasteiger partial charge is 0.419 e. The fourth-order valence-electron chi connectivity index (χ4n) is 1.29. The van der Waals surface area contributed by atoms with Crippen LogP contribution in [0, 0.1) is 5.82 Å². The van der Waals surface area contributed by atoms with Crippen LogP contribution in [0.25, 0.3) is 0 Å². The number of hydrogen-bond donors (Lipinski definition) is 2. The van der Waals surface area contributed by atoms with Crippen molar-refractivity contribution >= 4 is 5.91 Å². The summed E-state index contributed by atoms with van der Waals surface area (Å²) in [6.07, 6.45) is -4.23. The summed E-state index contributed by atoms with van der Waals surface area (Å²) >= 11 is 0. The molecule has 1 amide bonds. The molecule has 0 fully saturated rings. The van der Waals surface area contributed by atoms with E-state index in [2.05, 4.69) is 5.32 Å². The van der Waals surface area contributed by atoms with Crippen molar-refractivity contribution in [3.05, 3.63) is 35.1 Å². The van der Waals surface area contributed by atoms with Crippen LogP contribution in [0.5, 0.6) is 0 Å². The van der Waals surface area contributed by atoms with E-state index in [-0.39, 0.29) is 12.1 Å². The molecule has 3 nitrogen and oxygen atoms in total. The van der Waals surface area contributed by atoms with Crippen LogP contribution >= 0.6 is 0 Å². The fraction of sp³-hybridized carbons (Fsp3) is 0.364. The molecule has 0 saturated carbocycles. The van der Waals surface area contributed by atoms with Gasteiger partial charge in [0.1, 0.15) is 5.82 Å². The number of benzene rings is 1. The maximum Gasteiger partial charge on any atom is 0.419 e. The minimum absolute atomic E-state index is 0.155. The lowest BCUT2D eigenvalue weighted by Gasteiger charge is -2.09. The van der Waals surface area contributed by atoms with Crippen molar-refractivity contribution in [2.75, 3.05) is 13.1 Å². The minimum Gasteiger partial charge on any atom is -0.352 e. The molecule has 3 N–H and O–H groups in total. The third-order valence-electron chi connectivity index (χ3n) is 2.20. The number of nitrogens with two attached hydrogens (primary N) is 1. The van der Waals surface area contributed by atoms with Gasteiger partial charge < -0.3 is 11.1 Å². The Balaban J connectivity index is 2.81. The van der Waals surface area contributed by atoms with Crippen molar-refractivity contribution in [1.29, 1.82) is 0 Å². The Morgan fingerprint density at radius 2 is 2.00 bits per heavy atom. The molecule has 0 aliphatic carbocycles. The number of amides is 1. The molecule has 100 valence electrons. The maximum absolute atomic E-state index is 13.2. The molecule has 1 aromatic carbocycles. The monoisotopic (exact) mass is 264 g/mol. The standard InChI is InChI=1S/C11H12F4N2O/c12-9-6-7(10(18)17-5-1-4-16)2-3-8(9)11(13,14)15/h2-3,6H,1,4-5,16H2,(H,17,18). The molecule has 0 heterocycles. The molecule has 1 aromatic rings. The number of nitrogens with one attached hydrogen (secondary N) is 1. The van der Waals surface area contributed by atoms with Gasteiger partial charge in [-0.25, -0.2) is 4.39 Å². The van der Waals surface area contributed by atoms with Gasteiger partial charge in [-0.15, -0.1) is 0 Å². The predicted molar refractivity (Wildman–Crippen MR) is 57.4 cm³/mol. The normalized spacial score (nSPS) is 11.4. The van der Waals surface area contributed by atoms with Gasteiger partial charge in [0.15, 0.2) is 0 Å². The molecule has 0 bridgehead atoms. The van der Waals surface area contributed by atoms with Crippen molar-refractivity contribution in [2.24, 2.45) is 5.73 Å². The first-order valence-corrected chi connectivity index (χ1v) is 5.21. The number of carbonyl (C=O) groups excluding carboxylic acids is 1. The van der Waals surface area contributed by atoms with Crippen molar-refractivity contribution in [3.63, 3.8) is 0 Å². The highest BCUT2D eigenvalue weighted by molar-refractivity contribution is 5.94. The first kappa shape index (κ1) is 14.4. The Hall–Kier alpha value is -1.63. The van der Waals surface area contributed by atoms with Gasteiger partial charge in [0.05, 0.1) is 5.56 Å². The molecule has 1 rings (SSSR count). The molecule has 0 saturated heterocycles. The van der Waals surface area contributed by atoms with Crippen LogP contribution < -0.4 is 11.1 Å². The first-order valence-electron chi connectivity index (χ1n) is 5.21. The predicted octanol–water partition coefficient (Wildman–Crippen LogP) is 1.92. The summed E-state index contributed by atoms with van der Waals surface area (Å²) in [6.45, 7) is 0.666. The zero-order valence-electron chi connectivity index (χ0n) is 9.35. The Morgan fingerprint density at radius 1 is 1.33 bits per heavy atom. The second-order valence-electron chi connectivity index (χ2n) is 3.59. The highest BCUT2D eigenvalue weighted by atomic mass is 19.4. The van der Waals surface area contributed by atoms with Crippen LogP contribution in [0.4, 0.5) is 17.6 Å². The van der Waals surface area contributed by atoms with Crippen molar-refractivity contribution in [1.82, 2.24) is 5.32 Å². The van der Waals surface area contributed by atoms with Gasteiger partial charge in [-0.3, -0.25) is 4.79 Å². The number of alkyl halides is 3. The van der Waals surface area contributed by atoms with E-state index in [9.17, 15) is 22.4 Å². The van der Waals surface area contributed by atoms with Gasteiger partial charge in [-0.05, 0) is 31.2 Å². The first-order chi connectivity index (χ1) is 8.36. The Bertz CT molecular complexity index is 432. The Labute approximate surface area is 101 Å². The highest BCUT2D eigenvalue weighted by Gasteiger charge is 2.34. The second kappa shape index (κ2) is 5.81. The van der Waals surface area contributed by atoms with E-state index in [1.165, 1.54) is 0 Å². The third kappa shape index (κ3) is 3.69. The molecule has 0 aromatic heterocycles. The van der Waals surface area contributed by atoms with Crippen molar-refractivity contribution < 1.29 is 22.4 Å². The SMILES string of the molecule is NCCCNC(=O)c1ccc(C(F)(F)F)c(F)c1. The average Bonchev–Trinajstić information content (AvgIpc) is 2.27. The molecule has 7 heteroatoms. The average molecular weight is 264 g/mol. The summed E-state index contributed by atoms with van der Waals surface area (Å²) in [6, 6.07) is 2.05. The van der Waals surface area contributed by atoms with Crippen LogP contribution in [-0.4, -0.2) is 19.0 Å². The smallest absolute Gasteiger partial charge is 0.352 e. The van der Waals surface area contributed by atoms with Crippen molar-refractivity contribution in [2.45, 2.75) is 12.6 Å². The van der Waals surface area contributed by atoms with Crippen LogP contribution in [0.2, 0.25) is 0 Å². The minimum atomic E-state index is -4.77. The molecule has 18 heavy (non-hydrogen) atoms. The molecule has 0 unspecified atom stereocenters. The van der Waals surface area contributed by atoms with Gasteiger partial charge >= 0.3 is 6.18 Å². The lowest BCUT2D eigenvalue weighted by Crippen LogP contribution is -2.26. The van der Waals surface area contributed by atoms with Crippen molar-refractivity contribution in [3.8, 4) is 0 Å². The fourth-order valence-corrected chi connectivity index (χ4v) is 1.29. The van der Waals surface area contributed by atoms with Crippen LogP contribution in [0.15, 0.2) is 18.2 Å². The zero-order valence-corrected chi connectivity index (χ0v) is 9.35. The summed E-state index contributed by atoms with van der Waals surface area (Å²) in [5.41, 5.74) is 3.67. The zero-order chi connectivity index (χ0) is 13.8. The number of carbonyl (C=O) groups is 1. The lowest BCUT2D eigenvalue weighted by atomic mass is 10.1. The summed E-state index contributed by atoms with van der Waals surface area (Å²) in [5, 5.41) is 2.42. The summed E-state index contributed by atoms with van der Waals surface area (Å²) in [7, 11) is 0.